The quantitative estimate of drug-likeness (QED) is 0.789. The van der Waals surface area contributed by atoms with Crippen LogP contribution in [0.15, 0.2) is 23.1 Å². The van der Waals surface area contributed by atoms with Gasteiger partial charge in [0.1, 0.15) is 5.82 Å². The fourth-order valence-corrected chi connectivity index (χ4v) is 2.73. The van der Waals surface area contributed by atoms with E-state index in [0.29, 0.717) is 5.25 Å². The van der Waals surface area contributed by atoms with Crippen molar-refractivity contribution in [2.24, 2.45) is 0 Å². The predicted molar refractivity (Wildman–Crippen MR) is 60.5 cm³/mol. The predicted octanol–water partition coefficient (Wildman–Crippen LogP) is 2.68. The molecule has 1 aromatic rings. The van der Waals surface area contributed by atoms with Gasteiger partial charge in [-0.05, 0) is 31.0 Å². The first-order chi connectivity index (χ1) is 7.25. The van der Waals surface area contributed by atoms with Crippen molar-refractivity contribution in [3.63, 3.8) is 0 Å². The summed E-state index contributed by atoms with van der Waals surface area (Å²) in [5.74, 6) is -0.336. The zero-order chi connectivity index (χ0) is 10.7. The highest BCUT2D eigenvalue weighted by molar-refractivity contribution is 8.00. The average Bonchev–Trinajstić information content (AvgIpc) is 2.25. The smallest absolute Gasteiger partial charge is 0.147 e. The highest BCUT2D eigenvalue weighted by Crippen LogP contribution is 2.30. The van der Waals surface area contributed by atoms with Crippen LogP contribution in [0.25, 0.3) is 0 Å². The van der Waals surface area contributed by atoms with E-state index in [1.807, 2.05) is 6.07 Å². The molecule has 1 heterocycles. The lowest BCUT2D eigenvalue weighted by Crippen LogP contribution is -2.19. The molecule has 2 nitrogen and oxygen atoms in total. The summed E-state index contributed by atoms with van der Waals surface area (Å²) in [4.78, 5) is 0.928. The van der Waals surface area contributed by atoms with Gasteiger partial charge in [0.25, 0.3) is 0 Å². The summed E-state index contributed by atoms with van der Waals surface area (Å²) in [6.07, 6.45) is 2.23. The second-order valence-corrected chi connectivity index (χ2v) is 5.01. The molecule has 1 aliphatic rings. The Balaban J connectivity index is 2.00. The van der Waals surface area contributed by atoms with Crippen LogP contribution in [-0.2, 0) is 4.74 Å². The Morgan fingerprint density at radius 3 is 3.00 bits per heavy atom. The van der Waals surface area contributed by atoms with Gasteiger partial charge in [0.05, 0.1) is 12.3 Å². The Labute approximate surface area is 93.0 Å². The van der Waals surface area contributed by atoms with E-state index >= 15 is 0 Å². The van der Waals surface area contributed by atoms with E-state index in [2.05, 4.69) is 0 Å². The van der Waals surface area contributed by atoms with Gasteiger partial charge in [0.15, 0.2) is 0 Å². The van der Waals surface area contributed by atoms with Gasteiger partial charge in [-0.25, -0.2) is 4.39 Å². The molecule has 0 spiro atoms. The number of hydrogen-bond donors (Lipinski definition) is 1. The van der Waals surface area contributed by atoms with Gasteiger partial charge in [0.2, 0.25) is 0 Å². The number of hydrogen-bond acceptors (Lipinski definition) is 3. The van der Waals surface area contributed by atoms with Crippen molar-refractivity contribution >= 4 is 17.4 Å². The first kappa shape index (κ1) is 10.8. The third-order valence-corrected chi connectivity index (χ3v) is 3.62. The Morgan fingerprint density at radius 2 is 2.33 bits per heavy atom. The number of thioether (sulfide) groups is 1. The highest BCUT2D eigenvalue weighted by Gasteiger charge is 2.15. The van der Waals surface area contributed by atoms with Gasteiger partial charge in [0, 0.05) is 16.8 Å². The second kappa shape index (κ2) is 4.86. The highest BCUT2D eigenvalue weighted by atomic mass is 32.2. The third-order valence-electron chi connectivity index (χ3n) is 2.39. The zero-order valence-corrected chi connectivity index (χ0v) is 9.23. The molecule has 82 valence electrons. The number of nitrogens with two attached hydrogens (primary N) is 1. The fourth-order valence-electron chi connectivity index (χ4n) is 1.58. The van der Waals surface area contributed by atoms with Crippen LogP contribution >= 0.6 is 11.8 Å². The number of nitrogen functional groups attached to an aromatic ring is 1. The summed E-state index contributed by atoms with van der Waals surface area (Å²) in [7, 11) is 0. The number of ether oxygens (including phenoxy) is 1. The minimum atomic E-state index is -0.336. The lowest BCUT2D eigenvalue weighted by atomic mass is 10.2. The van der Waals surface area contributed by atoms with E-state index in [1.54, 1.807) is 17.8 Å². The maximum absolute atomic E-state index is 13.2. The number of halogens is 1. The molecule has 2 N–H and O–H groups in total. The molecule has 4 heteroatoms. The van der Waals surface area contributed by atoms with Crippen LogP contribution in [0.5, 0.6) is 0 Å². The molecule has 1 aliphatic heterocycles. The molecule has 2 rings (SSSR count). The summed E-state index contributed by atoms with van der Waals surface area (Å²) in [5, 5.41) is 0.446. The summed E-state index contributed by atoms with van der Waals surface area (Å²) in [6.45, 7) is 1.61. The lowest BCUT2D eigenvalue weighted by Gasteiger charge is -2.21. The van der Waals surface area contributed by atoms with Crippen LogP contribution in [0.2, 0.25) is 0 Å². The molecule has 0 aromatic heterocycles. The van der Waals surface area contributed by atoms with E-state index in [9.17, 15) is 4.39 Å². The molecule has 1 saturated heterocycles. The van der Waals surface area contributed by atoms with E-state index in [1.165, 1.54) is 6.07 Å². The lowest BCUT2D eigenvalue weighted by molar-refractivity contribution is 0.101. The van der Waals surface area contributed by atoms with E-state index in [0.717, 1.165) is 31.0 Å². The van der Waals surface area contributed by atoms with Crippen LogP contribution in [0.4, 0.5) is 10.1 Å². The maximum Gasteiger partial charge on any atom is 0.147 e. The second-order valence-electron chi connectivity index (χ2n) is 3.64. The minimum Gasteiger partial charge on any atom is -0.396 e. The van der Waals surface area contributed by atoms with Crippen LogP contribution in [0.3, 0.4) is 0 Å². The van der Waals surface area contributed by atoms with Gasteiger partial charge in [-0.1, -0.05) is 0 Å². The zero-order valence-electron chi connectivity index (χ0n) is 8.41. The van der Waals surface area contributed by atoms with Crippen molar-refractivity contribution in [2.75, 3.05) is 18.9 Å². The average molecular weight is 227 g/mol. The van der Waals surface area contributed by atoms with Crippen molar-refractivity contribution < 1.29 is 9.13 Å². The monoisotopic (exact) mass is 227 g/mol. The standard InChI is InChI=1S/C11H14FNOS/c12-10-6-8(3-4-11(10)13)15-9-2-1-5-14-7-9/h3-4,6,9H,1-2,5,7,13H2. The summed E-state index contributed by atoms with van der Waals surface area (Å²) >= 11 is 1.67. The normalized spacial score (nSPS) is 21.5. The van der Waals surface area contributed by atoms with Gasteiger partial charge < -0.3 is 10.5 Å². The molecule has 0 radical (unpaired) electrons. The van der Waals surface area contributed by atoms with Crippen LogP contribution < -0.4 is 5.73 Å². The topological polar surface area (TPSA) is 35.2 Å². The van der Waals surface area contributed by atoms with Crippen LogP contribution in [0, 0.1) is 5.82 Å². The van der Waals surface area contributed by atoms with Gasteiger partial charge in [-0.15, -0.1) is 11.8 Å². The third kappa shape index (κ3) is 2.86. The molecule has 1 atom stereocenters. The number of rotatable bonds is 2. The van der Waals surface area contributed by atoms with Crippen LogP contribution in [-0.4, -0.2) is 18.5 Å². The Morgan fingerprint density at radius 1 is 1.47 bits per heavy atom. The molecule has 15 heavy (non-hydrogen) atoms. The molecule has 1 unspecified atom stereocenters. The Bertz CT molecular complexity index is 339. The minimum absolute atomic E-state index is 0.208. The van der Waals surface area contributed by atoms with Gasteiger partial charge in [-0.2, -0.15) is 0 Å². The molecule has 0 amide bonds. The van der Waals surface area contributed by atoms with Crippen molar-refractivity contribution in [3.05, 3.63) is 24.0 Å². The fraction of sp³-hybridized carbons (Fsp3) is 0.455. The first-order valence-electron chi connectivity index (χ1n) is 5.05. The van der Waals surface area contributed by atoms with Crippen LogP contribution in [0.1, 0.15) is 12.8 Å². The van der Waals surface area contributed by atoms with E-state index in [-0.39, 0.29) is 11.5 Å². The molecule has 1 aromatic carbocycles. The van der Waals surface area contributed by atoms with E-state index in [4.69, 9.17) is 10.5 Å². The summed E-state index contributed by atoms with van der Waals surface area (Å²) in [6, 6.07) is 4.97. The SMILES string of the molecule is Nc1ccc(SC2CCCOC2)cc1F. The van der Waals surface area contributed by atoms with Gasteiger partial charge >= 0.3 is 0 Å². The van der Waals surface area contributed by atoms with Crippen molar-refractivity contribution in [2.45, 2.75) is 23.0 Å². The summed E-state index contributed by atoms with van der Waals surface area (Å²) in [5.41, 5.74) is 5.62. The largest absolute Gasteiger partial charge is 0.396 e. The molecule has 0 aliphatic carbocycles. The van der Waals surface area contributed by atoms with Crippen molar-refractivity contribution in [3.8, 4) is 0 Å². The van der Waals surface area contributed by atoms with Crippen molar-refractivity contribution in [1.82, 2.24) is 0 Å². The molecule has 0 saturated carbocycles. The van der Waals surface area contributed by atoms with Gasteiger partial charge in [-0.3, -0.25) is 0 Å². The van der Waals surface area contributed by atoms with E-state index < -0.39 is 0 Å². The number of benzene rings is 1. The Hall–Kier alpha value is -0.740. The molecular weight excluding hydrogens is 213 g/mol. The maximum atomic E-state index is 13.2. The molecule has 1 fully saturated rings. The molecular formula is C11H14FNOS. The van der Waals surface area contributed by atoms with Crippen molar-refractivity contribution in [1.29, 1.82) is 0 Å². The Kier molecular flexibility index (Phi) is 3.49. The molecule has 0 bridgehead atoms. The first-order valence-corrected chi connectivity index (χ1v) is 5.93. The summed E-state index contributed by atoms with van der Waals surface area (Å²) < 4.78 is 18.5. The number of anilines is 1.